The molecule has 252 valence electrons. The van der Waals surface area contributed by atoms with Crippen molar-refractivity contribution in [2.75, 3.05) is 37.7 Å². The maximum Gasteiger partial charge on any atom is 0.362 e. The number of anilines is 1. The molecule has 2 aromatic heterocycles. The fraction of sp³-hybridized carbons (Fsp3) is 0.731. The monoisotopic (exact) mass is 673 g/mol. The standard InChI is InChI=1S/C20H28N8O8S2.C6H15N/c21-17-14-18(23-7-22-17)28(8-24-14)19-16(31)15(30)10(36-19)5-35-38(33,34)27-12(29)4-2-1-3-11-13-9(6-37-11)25-20(32)26-13;1-4-7(5-2)6-3/h7-11,13,15-16,19,30-31H,1-6H2,(H,27,29)(H2,21,22,23)(H2,25,26,32);4-6H2,1-3H3/t9?,10?,11?,13?,15-,16-,19-;/m1./s1. The number of carbonyl (C=O) groups is 2. The Hall–Kier alpha value is -2.81. The van der Waals surface area contributed by atoms with Gasteiger partial charge >= 0.3 is 16.3 Å². The topological polar surface area (TPSA) is 236 Å². The molecule has 0 saturated carbocycles. The Balaban J connectivity index is 0.000000591. The van der Waals surface area contributed by atoms with Crippen LogP contribution in [0.2, 0.25) is 0 Å². The van der Waals surface area contributed by atoms with Gasteiger partial charge in [-0.3, -0.25) is 13.5 Å². The molecule has 0 bridgehead atoms. The summed E-state index contributed by atoms with van der Waals surface area (Å²) < 4.78 is 38.2. The van der Waals surface area contributed by atoms with Crippen molar-refractivity contribution in [2.24, 2.45) is 0 Å². The predicted octanol–water partition coefficient (Wildman–Crippen LogP) is -0.521. The first-order chi connectivity index (χ1) is 21.5. The van der Waals surface area contributed by atoms with Gasteiger partial charge in [0.05, 0.1) is 25.0 Å². The number of urea groups is 1. The third-order valence-corrected chi connectivity index (χ3v) is 10.5. The molecule has 3 amide bonds. The number of nitrogens with one attached hydrogen (secondary N) is 3. The number of thioether (sulfide) groups is 1. The highest BCUT2D eigenvalue weighted by molar-refractivity contribution is 8.00. The van der Waals surface area contributed by atoms with Gasteiger partial charge < -0.3 is 36.2 Å². The molecule has 0 aromatic carbocycles. The zero-order valence-corrected chi connectivity index (χ0v) is 27.2. The third-order valence-electron chi connectivity index (χ3n) is 8.05. The number of aromatic nitrogens is 4. The van der Waals surface area contributed by atoms with Crippen LogP contribution >= 0.6 is 11.8 Å². The number of nitrogen functional groups attached to an aromatic ring is 1. The Labute approximate surface area is 266 Å². The Morgan fingerprint density at radius 2 is 1.91 bits per heavy atom. The molecule has 0 spiro atoms. The number of hydrogen-bond acceptors (Lipinski definition) is 14. The summed E-state index contributed by atoms with van der Waals surface area (Å²) in [6, 6.07) is 0.0274. The number of carbonyl (C=O) groups excluding carboxylic acids is 2. The molecule has 5 heterocycles. The zero-order valence-electron chi connectivity index (χ0n) is 25.5. The molecule has 3 fully saturated rings. The van der Waals surface area contributed by atoms with Gasteiger partial charge in [-0.15, -0.1) is 0 Å². The minimum atomic E-state index is -4.48. The van der Waals surface area contributed by atoms with Crippen molar-refractivity contribution in [3.8, 4) is 0 Å². The van der Waals surface area contributed by atoms with Crippen LogP contribution in [0.3, 0.4) is 0 Å². The number of aliphatic hydroxyl groups excluding tert-OH is 2. The van der Waals surface area contributed by atoms with Crippen molar-refractivity contribution in [1.29, 1.82) is 0 Å². The number of imidazole rings is 1. The number of hydrogen-bond donors (Lipinski definition) is 6. The number of ether oxygens (including phenoxy) is 1. The van der Waals surface area contributed by atoms with Crippen molar-refractivity contribution in [3.63, 3.8) is 0 Å². The smallest absolute Gasteiger partial charge is 0.362 e. The van der Waals surface area contributed by atoms with E-state index in [4.69, 9.17) is 14.7 Å². The largest absolute Gasteiger partial charge is 0.387 e. The highest BCUT2D eigenvalue weighted by atomic mass is 32.2. The molecule has 19 heteroatoms. The summed E-state index contributed by atoms with van der Waals surface area (Å²) in [5, 5.41) is 26.9. The maximum absolute atomic E-state index is 12.3. The van der Waals surface area contributed by atoms with Crippen molar-refractivity contribution >= 4 is 51.0 Å². The van der Waals surface area contributed by atoms with Crippen LogP contribution in [0, 0.1) is 0 Å². The van der Waals surface area contributed by atoms with E-state index in [-0.39, 0.29) is 46.8 Å². The van der Waals surface area contributed by atoms with E-state index in [0.717, 1.165) is 12.2 Å². The molecular weight excluding hydrogens is 630 g/mol. The average molecular weight is 674 g/mol. The zero-order chi connectivity index (χ0) is 32.7. The maximum atomic E-state index is 12.3. The molecule has 3 aliphatic rings. The van der Waals surface area contributed by atoms with E-state index in [9.17, 15) is 28.2 Å². The van der Waals surface area contributed by atoms with Crippen LogP contribution in [0.5, 0.6) is 0 Å². The number of nitrogens with two attached hydrogens (primary N) is 1. The lowest BCUT2D eigenvalue weighted by Crippen LogP contribution is -2.38. The van der Waals surface area contributed by atoms with E-state index in [1.807, 2.05) is 4.72 Å². The fourth-order valence-corrected chi connectivity index (χ4v) is 7.77. The number of aliphatic hydroxyl groups is 2. The van der Waals surface area contributed by atoms with Crippen molar-refractivity contribution in [2.45, 2.75) is 88.3 Å². The molecule has 5 rings (SSSR count). The second kappa shape index (κ2) is 15.7. The lowest BCUT2D eigenvalue weighted by atomic mass is 10.0. The molecule has 0 aliphatic carbocycles. The molecule has 3 aliphatic heterocycles. The molecule has 4 unspecified atom stereocenters. The van der Waals surface area contributed by atoms with Gasteiger partial charge in [-0.1, -0.05) is 27.2 Å². The van der Waals surface area contributed by atoms with Crippen molar-refractivity contribution in [3.05, 3.63) is 12.7 Å². The van der Waals surface area contributed by atoms with Gasteiger partial charge in [-0.2, -0.15) is 20.2 Å². The van der Waals surface area contributed by atoms with E-state index in [0.29, 0.717) is 12.8 Å². The number of rotatable bonds is 13. The van der Waals surface area contributed by atoms with Gasteiger partial charge in [-0.05, 0) is 32.5 Å². The minimum absolute atomic E-state index is 0.0271. The summed E-state index contributed by atoms with van der Waals surface area (Å²) in [5.41, 5.74) is 6.29. The summed E-state index contributed by atoms with van der Waals surface area (Å²) >= 11 is 1.76. The molecule has 17 nitrogen and oxygen atoms in total. The van der Waals surface area contributed by atoms with E-state index in [1.54, 1.807) is 11.8 Å². The van der Waals surface area contributed by atoms with E-state index < -0.39 is 47.4 Å². The number of nitrogens with zero attached hydrogens (tertiary/aromatic N) is 5. The second-order valence-corrected chi connectivity index (χ2v) is 13.5. The van der Waals surface area contributed by atoms with Crippen LogP contribution < -0.4 is 21.1 Å². The summed E-state index contributed by atoms with van der Waals surface area (Å²) in [4.78, 5) is 38.0. The van der Waals surface area contributed by atoms with E-state index >= 15 is 0 Å². The summed E-state index contributed by atoms with van der Waals surface area (Å²) in [5.74, 6) is 0.225. The van der Waals surface area contributed by atoms with Gasteiger partial charge in [0.2, 0.25) is 5.91 Å². The van der Waals surface area contributed by atoms with Gasteiger partial charge in [0.25, 0.3) is 0 Å². The Kier molecular flexibility index (Phi) is 12.2. The Bertz CT molecular complexity index is 1400. The summed E-state index contributed by atoms with van der Waals surface area (Å²) in [6.07, 6.45) is -0.884. The van der Waals surface area contributed by atoms with Crippen LogP contribution in [-0.2, 0) is 24.0 Å². The summed E-state index contributed by atoms with van der Waals surface area (Å²) in [7, 11) is -4.48. The van der Waals surface area contributed by atoms with Crippen LogP contribution in [0.25, 0.3) is 11.2 Å². The van der Waals surface area contributed by atoms with Gasteiger partial charge in [0.1, 0.15) is 30.2 Å². The SMILES string of the molecule is CCN(CC)CC.Nc1ncnc2c1ncn2[C@@H]1OC(COS(=O)(=O)NC(=O)CCCCC2SCC3NC(=O)NC32)[C@@H](O)[C@H]1O. The van der Waals surface area contributed by atoms with Gasteiger partial charge in [-0.25, -0.2) is 24.5 Å². The van der Waals surface area contributed by atoms with Crippen LogP contribution in [0.1, 0.15) is 52.7 Å². The molecule has 2 aromatic rings. The third kappa shape index (κ3) is 8.72. The highest BCUT2D eigenvalue weighted by Gasteiger charge is 2.45. The number of unbranched alkanes of at least 4 members (excludes halogenated alkanes) is 1. The molecule has 45 heavy (non-hydrogen) atoms. The van der Waals surface area contributed by atoms with Gasteiger partial charge in [0, 0.05) is 17.4 Å². The molecule has 7 atom stereocenters. The first-order valence-electron chi connectivity index (χ1n) is 15.0. The first kappa shape index (κ1) is 35.1. The Morgan fingerprint density at radius 3 is 2.60 bits per heavy atom. The predicted molar refractivity (Wildman–Crippen MR) is 166 cm³/mol. The van der Waals surface area contributed by atoms with Crippen LogP contribution in [0.15, 0.2) is 12.7 Å². The van der Waals surface area contributed by atoms with Crippen molar-refractivity contribution in [1.82, 2.24) is 39.8 Å². The van der Waals surface area contributed by atoms with Crippen molar-refractivity contribution < 1.29 is 37.1 Å². The summed E-state index contributed by atoms with van der Waals surface area (Å²) in [6.45, 7) is 9.47. The molecule has 3 saturated heterocycles. The number of fused-ring (bicyclic) bond motifs is 2. The quantitative estimate of drug-likeness (QED) is 0.116. The minimum Gasteiger partial charge on any atom is -0.387 e. The van der Waals surface area contributed by atoms with Crippen LogP contribution in [0.4, 0.5) is 10.6 Å². The highest BCUT2D eigenvalue weighted by Crippen LogP contribution is 2.34. The second-order valence-electron chi connectivity index (χ2n) is 10.9. The normalized spacial score (nSPS) is 27.6. The lowest BCUT2D eigenvalue weighted by molar-refractivity contribution is -0.119. The lowest BCUT2D eigenvalue weighted by Gasteiger charge is -2.16. The van der Waals surface area contributed by atoms with Gasteiger partial charge in [0.15, 0.2) is 17.7 Å². The molecule has 7 N–H and O–H groups in total. The van der Waals surface area contributed by atoms with E-state index in [2.05, 4.69) is 51.3 Å². The first-order valence-corrected chi connectivity index (χ1v) is 17.5. The number of amides is 3. The van der Waals surface area contributed by atoms with E-state index in [1.165, 1.54) is 36.9 Å². The van der Waals surface area contributed by atoms with Crippen LogP contribution in [-0.4, -0.2) is 123 Å². The molecular formula is C26H43N9O8S2. The fourth-order valence-electron chi connectivity index (χ4n) is 5.47. The molecule has 0 radical (unpaired) electrons. The average Bonchev–Trinajstić information content (AvgIpc) is 3.76. The Morgan fingerprint density at radius 1 is 1.18 bits per heavy atom.